The van der Waals surface area contributed by atoms with Crippen molar-refractivity contribution in [2.24, 2.45) is 5.10 Å². The average molecular weight is 420 g/mol. The molecule has 1 amide bonds. The zero-order valence-corrected chi connectivity index (χ0v) is 17.5. The van der Waals surface area contributed by atoms with Gasteiger partial charge in [0.1, 0.15) is 17.2 Å². The van der Waals surface area contributed by atoms with Gasteiger partial charge in [-0.25, -0.2) is 5.43 Å². The zero-order valence-electron chi connectivity index (χ0n) is 17.5. The monoisotopic (exact) mass is 420 g/mol. The average Bonchev–Trinajstić information content (AvgIpc) is 2.82. The Morgan fingerprint density at radius 1 is 0.871 bits per heavy atom. The number of hydrogen-bond donors (Lipinski definition) is 3. The van der Waals surface area contributed by atoms with Crippen molar-refractivity contribution in [2.75, 3.05) is 14.2 Å². The molecule has 0 aromatic heterocycles. The van der Waals surface area contributed by atoms with Crippen LogP contribution in [-0.4, -0.2) is 36.1 Å². The van der Waals surface area contributed by atoms with Crippen LogP contribution in [0.1, 0.15) is 23.6 Å². The first kappa shape index (κ1) is 21.9. The second-order valence-corrected chi connectivity index (χ2v) is 6.82. The lowest BCUT2D eigenvalue weighted by Gasteiger charge is -2.27. The van der Waals surface area contributed by atoms with E-state index in [1.165, 1.54) is 20.3 Å². The molecule has 0 fully saturated rings. The Labute approximate surface area is 180 Å². The van der Waals surface area contributed by atoms with E-state index < -0.39 is 11.5 Å². The topological polar surface area (TPSA) is 100 Å². The molecule has 31 heavy (non-hydrogen) atoms. The van der Waals surface area contributed by atoms with Gasteiger partial charge < -0.3 is 19.7 Å². The number of ether oxygens (including phenoxy) is 2. The predicted octanol–water partition coefficient (Wildman–Crippen LogP) is 3.19. The Morgan fingerprint density at radius 2 is 1.35 bits per heavy atom. The molecule has 3 aromatic rings. The summed E-state index contributed by atoms with van der Waals surface area (Å²) in [5.74, 6) is 0.473. The fourth-order valence-electron chi connectivity index (χ4n) is 3.15. The second kappa shape index (κ2) is 9.32. The lowest BCUT2D eigenvalue weighted by atomic mass is 9.85. The van der Waals surface area contributed by atoms with Crippen LogP contribution in [0, 0.1) is 0 Å². The smallest absolute Gasteiger partial charge is 0.281 e. The summed E-state index contributed by atoms with van der Waals surface area (Å²) in [4.78, 5) is 13.2. The molecule has 160 valence electrons. The van der Waals surface area contributed by atoms with Crippen LogP contribution in [0.25, 0.3) is 0 Å². The third kappa shape index (κ3) is 4.51. The van der Waals surface area contributed by atoms with Gasteiger partial charge >= 0.3 is 0 Å². The van der Waals surface area contributed by atoms with Crippen LogP contribution in [0.2, 0.25) is 0 Å². The van der Waals surface area contributed by atoms with E-state index in [-0.39, 0.29) is 5.75 Å². The number of carbonyl (C=O) groups excluding carboxylic acids is 1. The molecule has 0 spiro atoms. The summed E-state index contributed by atoms with van der Waals surface area (Å²) in [7, 11) is 3.07. The number of aliphatic hydroxyl groups is 1. The molecule has 0 aliphatic rings. The Bertz CT molecular complexity index is 1030. The Balaban J connectivity index is 1.99. The van der Waals surface area contributed by atoms with E-state index in [1.807, 2.05) is 0 Å². The molecule has 0 saturated carbocycles. The summed E-state index contributed by atoms with van der Waals surface area (Å²) in [6.07, 6.45) is 0. The number of nitrogens with one attached hydrogen (secondary N) is 1. The van der Waals surface area contributed by atoms with Gasteiger partial charge in [0.05, 0.1) is 19.9 Å². The van der Waals surface area contributed by atoms with Gasteiger partial charge in [-0.05, 0) is 54.4 Å². The maximum atomic E-state index is 13.2. The van der Waals surface area contributed by atoms with Crippen molar-refractivity contribution in [2.45, 2.75) is 12.5 Å². The summed E-state index contributed by atoms with van der Waals surface area (Å²) in [5, 5.41) is 25.7. The number of hydrogen-bond acceptors (Lipinski definition) is 6. The normalized spacial score (nSPS) is 11.7. The number of para-hydroxylation sites is 1. The zero-order chi connectivity index (χ0) is 22.4. The number of hydrazone groups is 1. The molecule has 0 unspecified atom stereocenters. The first-order valence-corrected chi connectivity index (χ1v) is 9.54. The number of amides is 1. The van der Waals surface area contributed by atoms with Gasteiger partial charge in [0.25, 0.3) is 5.91 Å². The van der Waals surface area contributed by atoms with Gasteiger partial charge in [0.2, 0.25) is 0 Å². The lowest BCUT2D eigenvalue weighted by molar-refractivity contribution is -0.136. The van der Waals surface area contributed by atoms with Gasteiger partial charge in [-0.3, -0.25) is 4.79 Å². The van der Waals surface area contributed by atoms with Crippen molar-refractivity contribution in [1.29, 1.82) is 0 Å². The van der Waals surface area contributed by atoms with E-state index >= 15 is 0 Å². The maximum Gasteiger partial charge on any atom is 0.281 e. The van der Waals surface area contributed by atoms with Crippen molar-refractivity contribution in [3.63, 3.8) is 0 Å². The molecule has 0 atom stereocenters. The lowest BCUT2D eigenvalue weighted by Crippen LogP contribution is -2.43. The molecule has 7 heteroatoms. The van der Waals surface area contributed by atoms with Gasteiger partial charge in [0.15, 0.2) is 5.60 Å². The molecule has 3 aromatic carbocycles. The number of benzene rings is 3. The van der Waals surface area contributed by atoms with E-state index in [0.717, 1.165) is 0 Å². The van der Waals surface area contributed by atoms with Gasteiger partial charge in [-0.1, -0.05) is 36.4 Å². The highest BCUT2D eigenvalue weighted by atomic mass is 16.5. The number of carbonyl (C=O) groups is 1. The van der Waals surface area contributed by atoms with Crippen molar-refractivity contribution in [3.8, 4) is 17.2 Å². The quantitative estimate of drug-likeness (QED) is 0.403. The van der Waals surface area contributed by atoms with Crippen LogP contribution in [0.4, 0.5) is 0 Å². The van der Waals surface area contributed by atoms with E-state index in [0.29, 0.717) is 33.9 Å². The van der Waals surface area contributed by atoms with E-state index in [1.54, 1.807) is 73.7 Å². The Hall–Kier alpha value is -3.84. The molecular weight excluding hydrogens is 396 g/mol. The van der Waals surface area contributed by atoms with Crippen LogP contribution in [0.5, 0.6) is 17.2 Å². The van der Waals surface area contributed by atoms with Crippen LogP contribution in [0.15, 0.2) is 77.9 Å². The van der Waals surface area contributed by atoms with Crippen molar-refractivity contribution in [3.05, 3.63) is 89.5 Å². The van der Waals surface area contributed by atoms with Gasteiger partial charge in [0, 0.05) is 5.56 Å². The maximum absolute atomic E-state index is 13.2. The Morgan fingerprint density at radius 3 is 1.81 bits per heavy atom. The highest BCUT2D eigenvalue weighted by Gasteiger charge is 2.40. The summed E-state index contributed by atoms with van der Waals surface area (Å²) in [6.45, 7) is 1.65. The molecule has 0 aliphatic carbocycles. The van der Waals surface area contributed by atoms with Crippen molar-refractivity contribution in [1.82, 2.24) is 5.43 Å². The molecule has 0 saturated heterocycles. The van der Waals surface area contributed by atoms with Crippen LogP contribution >= 0.6 is 0 Å². The fourth-order valence-corrected chi connectivity index (χ4v) is 3.15. The van der Waals surface area contributed by atoms with Gasteiger partial charge in [-0.15, -0.1) is 0 Å². The summed E-state index contributed by atoms with van der Waals surface area (Å²) >= 11 is 0. The number of phenolic OH excluding ortho intramolecular Hbond substituents is 1. The fraction of sp³-hybridized carbons (Fsp3) is 0.167. The minimum absolute atomic E-state index is 0.0403. The number of nitrogens with zero attached hydrogens (tertiary/aromatic N) is 1. The number of methoxy groups -OCH3 is 2. The van der Waals surface area contributed by atoms with Crippen LogP contribution in [0.3, 0.4) is 0 Å². The molecular formula is C24H24N2O5. The largest absolute Gasteiger partial charge is 0.507 e. The molecule has 0 heterocycles. The van der Waals surface area contributed by atoms with E-state index in [2.05, 4.69) is 10.5 Å². The number of aromatic hydroxyl groups is 1. The molecule has 7 nitrogen and oxygen atoms in total. The van der Waals surface area contributed by atoms with E-state index in [4.69, 9.17) is 9.47 Å². The third-order valence-electron chi connectivity index (χ3n) is 4.96. The minimum Gasteiger partial charge on any atom is -0.507 e. The summed E-state index contributed by atoms with van der Waals surface area (Å²) in [5.41, 5.74) is 1.94. The SMILES string of the molecule is COc1ccc(C(O)(C(=O)N/N=C(/C)c2ccccc2O)c2ccc(OC)cc2)cc1. The highest BCUT2D eigenvalue weighted by molar-refractivity contribution is 6.02. The van der Waals surface area contributed by atoms with Crippen molar-refractivity contribution < 1.29 is 24.5 Å². The molecule has 0 radical (unpaired) electrons. The first-order valence-electron chi connectivity index (χ1n) is 9.54. The summed E-state index contributed by atoms with van der Waals surface area (Å²) < 4.78 is 10.3. The van der Waals surface area contributed by atoms with Gasteiger partial charge in [-0.2, -0.15) is 5.10 Å². The molecule has 3 rings (SSSR count). The second-order valence-electron chi connectivity index (χ2n) is 6.82. The molecule has 0 bridgehead atoms. The van der Waals surface area contributed by atoms with Crippen LogP contribution in [-0.2, 0) is 10.4 Å². The number of phenols is 1. The van der Waals surface area contributed by atoms with E-state index in [9.17, 15) is 15.0 Å². The third-order valence-corrected chi connectivity index (χ3v) is 4.96. The molecule has 0 aliphatic heterocycles. The molecule has 3 N–H and O–H groups in total. The van der Waals surface area contributed by atoms with Crippen LogP contribution < -0.4 is 14.9 Å². The first-order chi connectivity index (χ1) is 14.9. The number of rotatable bonds is 7. The standard InChI is InChI=1S/C24H24N2O5/c1-16(21-6-4-5-7-22(21)27)25-26-23(28)24(29,17-8-12-19(30-2)13-9-17)18-10-14-20(31-3)15-11-18/h4-15,27,29H,1-3H3,(H,26,28)/b25-16-. The highest BCUT2D eigenvalue weighted by Crippen LogP contribution is 2.32. The predicted molar refractivity (Wildman–Crippen MR) is 117 cm³/mol. The minimum atomic E-state index is -2.03. The Kier molecular flexibility index (Phi) is 6.57. The summed E-state index contributed by atoms with van der Waals surface area (Å²) in [6, 6.07) is 19.7. The van der Waals surface area contributed by atoms with Crippen molar-refractivity contribution >= 4 is 11.6 Å².